The Hall–Kier alpha value is -2.54. The van der Waals surface area contributed by atoms with Gasteiger partial charge in [-0.1, -0.05) is 29.8 Å². The minimum absolute atomic E-state index is 0.124. The van der Waals surface area contributed by atoms with Crippen molar-refractivity contribution < 1.29 is 4.79 Å². The molecule has 2 heterocycles. The number of aryl methyl sites for hydroxylation is 2. The van der Waals surface area contributed by atoms with Crippen LogP contribution >= 0.6 is 11.3 Å². The van der Waals surface area contributed by atoms with Gasteiger partial charge in [-0.15, -0.1) is 11.3 Å². The Morgan fingerprint density at radius 3 is 2.61 bits per heavy atom. The topological polar surface area (TPSA) is 76.9 Å². The van der Waals surface area contributed by atoms with Crippen LogP contribution in [0.3, 0.4) is 0 Å². The molecule has 0 spiro atoms. The van der Waals surface area contributed by atoms with Crippen molar-refractivity contribution in [2.75, 3.05) is 7.05 Å². The number of fused-ring (bicyclic) bond motifs is 1. The fraction of sp³-hybridized carbons (Fsp3) is 0.250. The van der Waals surface area contributed by atoms with Gasteiger partial charge >= 0.3 is 0 Å². The quantitative estimate of drug-likeness (QED) is 0.796. The molecule has 2 aromatic heterocycles. The van der Waals surface area contributed by atoms with E-state index in [0.29, 0.717) is 11.2 Å². The standard InChI is InChI=1S/C16H16N4O2S/c1-9-4-6-11(7-5-9)13-15-14(18-10(2)23-15)16(22)20(19-13)8-12(21)17-3/h4-7H,8H2,1-3H3,(H,17,21). The molecule has 6 nitrogen and oxygen atoms in total. The van der Waals surface area contributed by atoms with Gasteiger partial charge in [-0.3, -0.25) is 9.59 Å². The van der Waals surface area contributed by atoms with Gasteiger partial charge in [0.15, 0.2) is 5.52 Å². The predicted molar refractivity (Wildman–Crippen MR) is 90.7 cm³/mol. The molecule has 0 aliphatic carbocycles. The number of likely N-dealkylation sites (N-methyl/N-ethyl adjacent to an activating group) is 1. The van der Waals surface area contributed by atoms with Gasteiger partial charge in [0.25, 0.3) is 5.56 Å². The van der Waals surface area contributed by atoms with Crippen LogP contribution < -0.4 is 10.9 Å². The first-order valence-corrected chi connectivity index (χ1v) is 7.97. The highest BCUT2D eigenvalue weighted by molar-refractivity contribution is 7.19. The molecule has 0 bridgehead atoms. The SMILES string of the molecule is CNC(=O)Cn1nc(-c2ccc(C)cc2)c2sc(C)nc2c1=O. The molecule has 1 N–H and O–H groups in total. The number of nitrogens with one attached hydrogen (secondary N) is 1. The fourth-order valence-corrected chi connectivity index (χ4v) is 3.21. The number of aromatic nitrogens is 3. The molecule has 0 radical (unpaired) electrons. The van der Waals surface area contributed by atoms with Crippen molar-refractivity contribution in [2.24, 2.45) is 0 Å². The van der Waals surface area contributed by atoms with E-state index >= 15 is 0 Å². The van der Waals surface area contributed by atoms with Crippen LogP contribution in [0.25, 0.3) is 21.5 Å². The molecule has 0 saturated carbocycles. The maximum absolute atomic E-state index is 12.5. The van der Waals surface area contributed by atoms with Gasteiger partial charge in [0.2, 0.25) is 5.91 Å². The van der Waals surface area contributed by atoms with Crippen molar-refractivity contribution in [2.45, 2.75) is 20.4 Å². The zero-order valence-electron chi connectivity index (χ0n) is 13.1. The minimum Gasteiger partial charge on any atom is -0.358 e. The van der Waals surface area contributed by atoms with Gasteiger partial charge in [-0.05, 0) is 13.8 Å². The van der Waals surface area contributed by atoms with Crippen LogP contribution in [0, 0.1) is 13.8 Å². The molecule has 0 fully saturated rings. The number of carbonyl (C=O) groups excluding carboxylic acids is 1. The second-order valence-corrected chi connectivity index (χ2v) is 6.46. The van der Waals surface area contributed by atoms with Crippen LogP contribution in [0.2, 0.25) is 0 Å². The van der Waals surface area contributed by atoms with Crippen LogP contribution in [-0.4, -0.2) is 27.7 Å². The Morgan fingerprint density at radius 1 is 1.26 bits per heavy atom. The maximum Gasteiger partial charge on any atom is 0.294 e. The van der Waals surface area contributed by atoms with Gasteiger partial charge in [0.1, 0.15) is 12.2 Å². The molecule has 0 saturated heterocycles. The highest BCUT2D eigenvalue weighted by Crippen LogP contribution is 2.29. The number of thiazole rings is 1. The second-order valence-electron chi connectivity index (χ2n) is 5.26. The molecule has 1 amide bonds. The summed E-state index contributed by atoms with van der Waals surface area (Å²) < 4.78 is 1.93. The summed E-state index contributed by atoms with van der Waals surface area (Å²) in [5, 5.41) is 7.72. The Kier molecular flexibility index (Phi) is 3.96. The fourth-order valence-electron chi connectivity index (χ4n) is 2.29. The minimum atomic E-state index is -0.344. The third-order valence-electron chi connectivity index (χ3n) is 3.50. The van der Waals surface area contributed by atoms with Gasteiger partial charge in [0.05, 0.1) is 9.71 Å². The van der Waals surface area contributed by atoms with Gasteiger partial charge in [0, 0.05) is 12.6 Å². The molecule has 23 heavy (non-hydrogen) atoms. The van der Waals surface area contributed by atoms with E-state index in [1.54, 1.807) is 0 Å². The summed E-state index contributed by atoms with van der Waals surface area (Å²) in [4.78, 5) is 28.5. The highest BCUT2D eigenvalue weighted by Gasteiger charge is 2.17. The Balaban J connectivity index is 2.27. The average molecular weight is 328 g/mol. The zero-order chi connectivity index (χ0) is 16.6. The Bertz CT molecular complexity index is 941. The lowest BCUT2D eigenvalue weighted by Crippen LogP contribution is -2.32. The van der Waals surface area contributed by atoms with Gasteiger partial charge in [-0.2, -0.15) is 5.10 Å². The normalized spacial score (nSPS) is 10.9. The summed E-state index contributed by atoms with van der Waals surface area (Å²) in [6.45, 7) is 3.74. The number of benzene rings is 1. The molecule has 0 aliphatic heterocycles. The average Bonchev–Trinajstić information content (AvgIpc) is 2.93. The summed E-state index contributed by atoms with van der Waals surface area (Å²) in [5.74, 6) is -0.277. The summed E-state index contributed by atoms with van der Waals surface area (Å²) in [7, 11) is 1.53. The monoisotopic (exact) mass is 328 g/mol. The molecule has 0 unspecified atom stereocenters. The summed E-state index contributed by atoms with van der Waals surface area (Å²) in [6.07, 6.45) is 0. The first kappa shape index (κ1) is 15.4. The number of carbonyl (C=O) groups is 1. The largest absolute Gasteiger partial charge is 0.358 e. The molecule has 118 valence electrons. The second kappa shape index (κ2) is 5.92. The summed E-state index contributed by atoms with van der Waals surface area (Å²) in [6, 6.07) is 7.90. The van der Waals surface area contributed by atoms with E-state index in [2.05, 4.69) is 15.4 Å². The van der Waals surface area contributed by atoms with Crippen molar-refractivity contribution >= 4 is 27.5 Å². The van der Waals surface area contributed by atoms with Gasteiger partial charge < -0.3 is 5.32 Å². The van der Waals surface area contributed by atoms with Crippen molar-refractivity contribution in [1.29, 1.82) is 0 Å². The van der Waals surface area contributed by atoms with E-state index in [4.69, 9.17) is 0 Å². The van der Waals surface area contributed by atoms with Crippen LogP contribution in [-0.2, 0) is 11.3 Å². The molecule has 0 aliphatic rings. The zero-order valence-corrected chi connectivity index (χ0v) is 13.9. The van der Waals surface area contributed by atoms with Crippen LogP contribution in [0.15, 0.2) is 29.1 Å². The first-order chi connectivity index (χ1) is 11.0. The predicted octanol–water partition coefficient (Wildman–Crippen LogP) is 1.88. The van der Waals surface area contributed by atoms with E-state index in [-0.39, 0.29) is 18.0 Å². The van der Waals surface area contributed by atoms with Crippen molar-refractivity contribution in [3.63, 3.8) is 0 Å². The van der Waals surface area contributed by atoms with E-state index in [1.165, 1.54) is 23.1 Å². The molecule has 0 atom stereocenters. The van der Waals surface area contributed by atoms with Gasteiger partial charge in [-0.25, -0.2) is 9.67 Å². The van der Waals surface area contributed by atoms with Crippen molar-refractivity contribution in [1.82, 2.24) is 20.1 Å². The lowest BCUT2D eigenvalue weighted by Gasteiger charge is -2.08. The lowest BCUT2D eigenvalue weighted by atomic mass is 10.1. The maximum atomic E-state index is 12.5. The Labute approximate surface area is 136 Å². The first-order valence-electron chi connectivity index (χ1n) is 7.15. The summed E-state index contributed by atoms with van der Waals surface area (Å²) in [5.41, 5.74) is 2.74. The lowest BCUT2D eigenvalue weighted by molar-refractivity contribution is -0.121. The molecular formula is C16H16N4O2S. The molecular weight excluding hydrogens is 312 g/mol. The van der Waals surface area contributed by atoms with E-state index in [0.717, 1.165) is 20.8 Å². The Morgan fingerprint density at radius 2 is 1.96 bits per heavy atom. The number of hydrogen-bond acceptors (Lipinski definition) is 5. The van der Waals surface area contributed by atoms with Crippen LogP contribution in [0.5, 0.6) is 0 Å². The van der Waals surface area contributed by atoms with E-state index in [9.17, 15) is 9.59 Å². The van der Waals surface area contributed by atoms with Crippen LogP contribution in [0.1, 0.15) is 10.6 Å². The smallest absolute Gasteiger partial charge is 0.294 e. The van der Waals surface area contributed by atoms with Crippen molar-refractivity contribution in [3.05, 3.63) is 45.2 Å². The van der Waals surface area contributed by atoms with E-state index in [1.807, 2.05) is 38.1 Å². The highest BCUT2D eigenvalue weighted by atomic mass is 32.1. The third-order valence-corrected chi connectivity index (χ3v) is 4.48. The van der Waals surface area contributed by atoms with E-state index < -0.39 is 0 Å². The number of hydrogen-bond donors (Lipinski definition) is 1. The molecule has 3 aromatic rings. The molecule has 1 aromatic carbocycles. The van der Waals surface area contributed by atoms with Crippen LogP contribution in [0.4, 0.5) is 0 Å². The number of amides is 1. The number of rotatable bonds is 3. The third kappa shape index (κ3) is 2.87. The number of nitrogens with zero attached hydrogens (tertiary/aromatic N) is 3. The molecule has 7 heteroatoms. The van der Waals surface area contributed by atoms with Crippen molar-refractivity contribution in [3.8, 4) is 11.3 Å². The summed E-state index contributed by atoms with van der Waals surface area (Å²) >= 11 is 1.44. The molecule has 3 rings (SSSR count).